The van der Waals surface area contributed by atoms with Crippen molar-refractivity contribution in [3.05, 3.63) is 48.6 Å². The topological polar surface area (TPSA) is 55.8 Å². The quantitative estimate of drug-likeness (QED) is 0.0870. The minimum atomic E-state index is -0.533. The van der Waals surface area contributed by atoms with E-state index < -0.39 is 6.10 Å². The summed E-state index contributed by atoms with van der Waals surface area (Å²) < 4.78 is 10.8. The van der Waals surface area contributed by atoms with Crippen LogP contribution in [0.1, 0.15) is 110 Å². The average Bonchev–Trinajstić information content (AvgIpc) is 2.85. The van der Waals surface area contributed by atoms with Crippen molar-refractivity contribution in [2.45, 2.75) is 116 Å². The van der Waals surface area contributed by atoms with Crippen LogP contribution in [-0.2, 0) is 14.3 Å². The number of rotatable bonds is 24. The van der Waals surface area contributed by atoms with Gasteiger partial charge in [0.1, 0.15) is 6.10 Å². The van der Waals surface area contributed by atoms with E-state index in [9.17, 15) is 9.90 Å². The van der Waals surface area contributed by atoms with E-state index in [1.54, 1.807) is 0 Å². The highest BCUT2D eigenvalue weighted by molar-refractivity contribution is 5.69. The SMILES string of the molecule is CC/C=C\C/C=C\C/C=C\C/C=C\CCCCCCCCCOCC(CO)OC(=O)CCCC. The predicted molar refractivity (Wildman–Crippen MR) is 145 cm³/mol. The first-order valence-electron chi connectivity index (χ1n) is 13.7. The van der Waals surface area contributed by atoms with Crippen molar-refractivity contribution in [1.82, 2.24) is 0 Å². The molecule has 0 aliphatic rings. The molecule has 0 bridgehead atoms. The molecule has 34 heavy (non-hydrogen) atoms. The summed E-state index contributed by atoms with van der Waals surface area (Å²) in [5, 5.41) is 9.30. The standard InChI is InChI=1S/C30H52O4/c1-3-5-7-8-9-10-11-12-13-14-15-16-17-18-19-20-21-22-23-24-26-33-28-29(27-31)34-30(32)25-6-4-2/h5,7,9-10,12-13,15-16,29,31H,3-4,6,8,11,14,17-28H2,1-2H3/b7-5-,10-9-,13-12-,16-15-. The minimum absolute atomic E-state index is 0.182. The largest absolute Gasteiger partial charge is 0.457 e. The van der Waals surface area contributed by atoms with E-state index in [1.165, 1.54) is 38.5 Å². The van der Waals surface area contributed by atoms with Gasteiger partial charge in [0.2, 0.25) is 0 Å². The lowest BCUT2D eigenvalue weighted by atomic mass is 10.1. The van der Waals surface area contributed by atoms with Crippen LogP contribution < -0.4 is 0 Å². The van der Waals surface area contributed by atoms with Gasteiger partial charge in [0.25, 0.3) is 0 Å². The number of carbonyl (C=O) groups excluding carboxylic acids is 1. The molecule has 0 aromatic rings. The van der Waals surface area contributed by atoms with Crippen LogP contribution in [0, 0.1) is 0 Å². The van der Waals surface area contributed by atoms with E-state index in [0.29, 0.717) is 13.0 Å². The van der Waals surface area contributed by atoms with Gasteiger partial charge < -0.3 is 14.6 Å². The Balaban J connectivity index is 3.42. The average molecular weight is 477 g/mol. The molecular weight excluding hydrogens is 424 g/mol. The predicted octanol–water partition coefficient (Wildman–Crippen LogP) is 8.02. The summed E-state index contributed by atoms with van der Waals surface area (Å²) in [6.07, 6.45) is 33.6. The number of allylic oxidation sites excluding steroid dienone is 8. The molecule has 196 valence electrons. The van der Waals surface area contributed by atoms with Gasteiger partial charge in [-0.05, 0) is 51.4 Å². The fraction of sp³-hybridized carbons (Fsp3) is 0.700. The number of carbonyl (C=O) groups is 1. The molecule has 0 saturated heterocycles. The lowest BCUT2D eigenvalue weighted by Crippen LogP contribution is -2.27. The molecule has 0 rings (SSSR count). The highest BCUT2D eigenvalue weighted by Gasteiger charge is 2.13. The van der Waals surface area contributed by atoms with Gasteiger partial charge in [-0.3, -0.25) is 4.79 Å². The highest BCUT2D eigenvalue weighted by Crippen LogP contribution is 2.09. The third-order valence-corrected chi connectivity index (χ3v) is 5.42. The number of hydrogen-bond acceptors (Lipinski definition) is 4. The van der Waals surface area contributed by atoms with Gasteiger partial charge >= 0.3 is 5.97 Å². The first-order chi connectivity index (χ1) is 16.7. The van der Waals surface area contributed by atoms with Gasteiger partial charge in [-0.25, -0.2) is 0 Å². The number of ether oxygens (including phenoxy) is 2. The molecule has 0 aromatic heterocycles. The maximum absolute atomic E-state index is 11.6. The maximum atomic E-state index is 11.6. The van der Waals surface area contributed by atoms with Gasteiger partial charge in [-0.15, -0.1) is 0 Å². The molecule has 1 unspecified atom stereocenters. The van der Waals surface area contributed by atoms with Crippen molar-refractivity contribution in [3.8, 4) is 0 Å². The zero-order valence-electron chi connectivity index (χ0n) is 22.1. The molecule has 0 aliphatic heterocycles. The second-order valence-electron chi connectivity index (χ2n) is 8.74. The first kappa shape index (κ1) is 32.4. The normalized spacial score (nSPS) is 13.1. The van der Waals surface area contributed by atoms with Gasteiger partial charge in [-0.2, -0.15) is 0 Å². The van der Waals surface area contributed by atoms with E-state index in [-0.39, 0.29) is 19.2 Å². The Labute approximate surface area is 210 Å². The van der Waals surface area contributed by atoms with E-state index >= 15 is 0 Å². The molecule has 0 aliphatic carbocycles. The summed E-state index contributed by atoms with van der Waals surface area (Å²) in [7, 11) is 0. The molecule has 0 amide bonds. The molecule has 1 N–H and O–H groups in total. The molecule has 1 atom stereocenters. The third kappa shape index (κ3) is 25.0. The second-order valence-corrected chi connectivity index (χ2v) is 8.74. The van der Waals surface area contributed by atoms with Gasteiger partial charge in [0.05, 0.1) is 13.2 Å². The summed E-state index contributed by atoms with van der Waals surface area (Å²) in [6, 6.07) is 0. The Morgan fingerprint density at radius 3 is 1.88 bits per heavy atom. The minimum Gasteiger partial charge on any atom is -0.457 e. The van der Waals surface area contributed by atoms with Gasteiger partial charge in [0.15, 0.2) is 0 Å². The Bertz CT molecular complexity index is 548. The van der Waals surface area contributed by atoms with Crippen molar-refractivity contribution in [1.29, 1.82) is 0 Å². The first-order valence-corrected chi connectivity index (χ1v) is 13.7. The summed E-state index contributed by atoms with van der Waals surface area (Å²) >= 11 is 0. The van der Waals surface area contributed by atoms with Crippen LogP contribution in [0.5, 0.6) is 0 Å². The fourth-order valence-electron chi connectivity index (χ4n) is 3.35. The summed E-state index contributed by atoms with van der Waals surface area (Å²) in [5.74, 6) is -0.244. The zero-order chi connectivity index (χ0) is 25.0. The highest BCUT2D eigenvalue weighted by atomic mass is 16.6. The number of aliphatic hydroxyl groups excluding tert-OH is 1. The number of aliphatic hydroxyl groups is 1. The van der Waals surface area contributed by atoms with Crippen LogP contribution in [0.2, 0.25) is 0 Å². The monoisotopic (exact) mass is 476 g/mol. The van der Waals surface area contributed by atoms with Crippen LogP contribution in [0.4, 0.5) is 0 Å². The Hall–Kier alpha value is -1.65. The molecule has 0 fully saturated rings. The lowest BCUT2D eigenvalue weighted by molar-refractivity contribution is -0.154. The summed E-state index contributed by atoms with van der Waals surface area (Å²) in [5.41, 5.74) is 0. The second kappa shape index (κ2) is 27.6. The van der Waals surface area contributed by atoms with E-state index in [4.69, 9.17) is 9.47 Å². The van der Waals surface area contributed by atoms with Crippen LogP contribution >= 0.6 is 0 Å². The number of hydrogen-bond donors (Lipinski definition) is 1. The van der Waals surface area contributed by atoms with E-state index in [2.05, 4.69) is 55.5 Å². The van der Waals surface area contributed by atoms with E-state index in [0.717, 1.165) is 51.4 Å². The molecule has 4 heteroatoms. The third-order valence-electron chi connectivity index (χ3n) is 5.42. The molecule has 0 saturated carbocycles. The fourth-order valence-corrected chi connectivity index (χ4v) is 3.35. The van der Waals surface area contributed by atoms with E-state index in [1.807, 2.05) is 6.92 Å². The van der Waals surface area contributed by atoms with Crippen LogP contribution in [0.25, 0.3) is 0 Å². The van der Waals surface area contributed by atoms with Crippen molar-refractivity contribution >= 4 is 5.97 Å². The number of unbranched alkanes of at least 4 members (excludes halogenated alkanes) is 8. The maximum Gasteiger partial charge on any atom is 0.306 e. The summed E-state index contributed by atoms with van der Waals surface area (Å²) in [4.78, 5) is 11.6. The van der Waals surface area contributed by atoms with Crippen molar-refractivity contribution in [2.75, 3.05) is 19.8 Å². The molecular formula is C30H52O4. The van der Waals surface area contributed by atoms with Crippen molar-refractivity contribution in [2.24, 2.45) is 0 Å². The Kier molecular flexibility index (Phi) is 26.3. The van der Waals surface area contributed by atoms with Crippen molar-refractivity contribution < 1.29 is 19.4 Å². The molecule has 0 aromatic carbocycles. The molecule has 0 spiro atoms. The van der Waals surface area contributed by atoms with Crippen molar-refractivity contribution in [3.63, 3.8) is 0 Å². The van der Waals surface area contributed by atoms with Gasteiger partial charge in [-0.1, -0.05) is 101 Å². The smallest absolute Gasteiger partial charge is 0.306 e. The zero-order valence-corrected chi connectivity index (χ0v) is 22.1. The lowest BCUT2D eigenvalue weighted by Gasteiger charge is -2.15. The Morgan fingerprint density at radius 1 is 0.735 bits per heavy atom. The van der Waals surface area contributed by atoms with Crippen LogP contribution in [-0.4, -0.2) is 37.0 Å². The molecule has 4 nitrogen and oxygen atoms in total. The molecule has 0 radical (unpaired) electrons. The molecule has 0 heterocycles. The Morgan fingerprint density at radius 2 is 1.29 bits per heavy atom. The number of esters is 1. The summed E-state index contributed by atoms with van der Waals surface area (Å²) in [6.45, 7) is 4.96. The van der Waals surface area contributed by atoms with Crippen LogP contribution in [0.3, 0.4) is 0 Å². The van der Waals surface area contributed by atoms with Crippen LogP contribution in [0.15, 0.2) is 48.6 Å². The van der Waals surface area contributed by atoms with Gasteiger partial charge in [0, 0.05) is 13.0 Å².